The zero-order valence-corrected chi connectivity index (χ0v) is 19.8. The van der Waals surface area contributed by atoms with Gasteiger partial charge in [0.25, 0.3) is 0 Å². The molecule has 2 bridgehead atoms. The molecule has 3 fully saturated rings. The van der Waals surface area contributed by atoms with Gasteiger partial charge in [0, 0.05) is 6.42 Å². The maximum atomic E-state index is 11.6. The molecule has 0 aromatic rings. The first kappa shape index (κ1) is 27.9. The summed E-state index contributed by atoms with van der Waals surface area (Å²) in [6.07, 6.45) is 7.73. The van der Waals surface area contributed by atoms with Gasteiger partial charge >= 0.3 is 47.6 Å². The Hall–Kier alpha value is -1.05. The maximum Gasteiger partial charge on any atom is 1.00 e. The van der Waals surface area contributed by atoms with Crippen molar-refractivity contribution in [2.75, 3.05) is 14.2 Å². The van der Waals surface area contributed by atoms with Crippen molar-refractivity contribution >= 4 is 23.9 Å². The molecule has 0 spiro atoms. The van der Waals surface area contributed by atoms with Gasteiger partial charge in [0.05, 0.1) is 20.3 Å². The summed E-state index contributed by atoms with van der Waals surface area (Å²) < 4.78 is 14.5. The normalized spacial score (nSPS) is 29.1. The van der Waals surface area contributed by atoms with Crippen molar-refractivity contribution < 1.29 is 69.2 Å². The van der Waals surface area contributed by atoms with Crippen molar-refractivity contribution in [3.63, 3.8) is 0 Å². The standard InChI is InChI=1S/C10H18O2.C9H12O4.CO2.Na.H/c1-8-3-4-9(7-8)5-6-10(11)12-2;1-12-9(11)6-4-5-2-3-7(13-5)8(6)10;2-1-3;;/h8-9H,3-7H2,1-2H3;5-7H,2-4H2,1H3;;;/q;;;+1;-1. The average Bonchev–Trinajstić information content (AvgIpc) is 3.29. The second-order valence-corrected chi connectivity index (χ2v) is 7.52. The summed E-state index contributed by atoms with van der Waals surface area (Å²) in [7, 11) is 2.77. The van der Waals surface area contributed by atoms with Crippen LogP contribution < -0.4 is 29.6 Å². The maximum absolute atomic E-state index is 11.6. The molecule has 2 saturated heterocycles. The summed E-state index contributed by atoms with van der Waals surface area (Å²) in [6.45, 7) is 2.29. The van der Waals surface area contributed by atoms with E-state index in [0.717, 1.165) is 31.1 Å². The number of hydrogen-bond donors (Lipinski definition) is 0. The molecule has 5 atom stereocenters. The van der Waals surface area contributed by atoms with Gasteiger partial charge in [-0.15, -0.1) is 0 Å². The average molecular weight is 422 g/mol. The van der Waals surface area contributed by atoms with E-state index >= 15 is 0 Å². The first-order valence-corrected chi connectivity index (χ1v) is 9.69. The van der Waals surface area contributed by atoms with Gasteiger partial charge in [-0.2, -0.15) is 9.59 Å². The fourth-order valence-electron chi connectivity index (χ4n) is 4.06. The molecule has 3 aliphatic rings. The van der Waals surface area contributed by atoms with Gasteiger partial charge in [-0.3, -0.25) is 14.4 Å². The number of rotatable bonds is 4. The van der Waals surface area contributed by atoms with Crippen molar-refractivity contribution in [1.82, 2.24) is 0 Å². The number of ketones is 1. The molecule has 8 nitrogen and oxygen atoms in total. The fraction of sp³-hybridized carbons (Fsp3) is 0.800. The second-order valence-electron chi connectivity index (χ2n) is 7.52. The summed E-state index contributed by atoms with van der Waals surface area (Å²) in [5.74, 6) is 0.503. The Morgan fingerprint density at radius 1 is 1.10 bits per heavy atom. The molecule has 5 unspecified atom stereocenters. The zero-order chi connectivity index (χ0) is 21.1. The van der Waals surface area contributed by atoms with Gasteiger partial charge < -0.3 is 15.6 Å². The largest absolute Gasteiger partial charge is 1.00 e. The Balaban J connectivity index is 0. The van der Waals surface area contributed by atoms with Crippen LogP contribution in [0.25, 0.3) is 0 Å². The summed E-state index contributed by atoms with van der Waals surface area (Å²) in [4.78, 5) is 49.8. The molecule has 1 aliphatic carbocycles. The Morgan fingerprint density at radius 2 is 1.76 bits per heavy atom. The van der Waals surface area contributed by atoms with Crippen molar-refractivity contribution in [3.8, 4) is 0 Å². The van der Waals surface area contributed by atoms with E-state index in [1.807, 2.05) is 0 Å². The third-order valence-electron chi connectivity index (χ3n) is 5.54. The van der Waals surface area contributed by atoms with Crippen LogP contribution in [0.4, 0.5) is 0 Å². The minimum absolute atomic E-state index is 0. The van der Waals surface area contributed by atoms with E-state index in [2.05, 4.69) is 16.4 Å². The Labute approximate surface area is 195 Å². The van der Waals surface area contributed by atoms with Crippen LogP contribution in [0.1, 0.15) is 59.7 Å². The zero-order valence-electron chi connectivity index (χ0n) is 18.8. The van der Waals surface area contributed by atoms with E-state index < -0.39 is 11.9 Å². The Kier molecular flexibility index (Phi) is 14.3. The van der Waals surface area contributed by atoms with Gasteiger partial charge in [-0.1, -0.05) is 19.8 Å². The van der Waals surface area contributed by atoms with E-state index in [9.17, 15) is 14.4 Å². The Bertz CT molecular complexity index is 579. The van der Waals surface area contributed by atoms with Crippen LogP contribution in [0.3, 0.4) is 0 Å². The first-order chi connectivity index (χ1) is 13.4. The number of methoxy groups -OCH3 is 2. The molecular weight excluding hydrogens is 391 g/mol. The molecule has 2 heterocycles. The monoisotopic (exact) mass is 422 g/mol. The molecule has 0 aromatic heterocycles. The number of hydrogen-bond acceptors (Lipinski definition) is 8. The molecule has 0 N–H and O–H groups in total. The first-order valence-electron chi connectivity index (χ1n) is 9.69. The Morgan fingerprint density at radius 3 is 2.28 bits per heavy atom. The topological polar surface area (TPSA) is 113 Å². The number of carbonyl (C=O) groups is 3. The molecule has 2 aliphatic heterocycles. The molecule has 0 amide bonds. The van der Waals surface area contributed by atoms with Crippen LogP contribution in [-0.4, -0.2) is 50.3 Å². The molecule has 29 heavy (non-hydrogen) atoms. The van der Waals surface area contributed by atoms with Crippen LogP contribution in [0.15, 0.2) is 0 Å². The van der Waals surface area contributed by atoms with Crippen molar-refractivity contribution in [1.29, 1.82) is 0 Å². The number of fused-ring (bicyclic) bond motifs is 2. The van der Waals surface area contributed by atoms with E-state index in [1.165, 1.54) is 33.5 Å². The third kappa shape index (κ3) is 9.53. The molecule has 1 saturated carbocycles. The van der Waals surface area contributed by atoms with Crippen molar-refractivity contribution in [2.24, 2.45) is 17.8 Å². The van der Waals surface area contributed by atoms with Gasteiger partial charge in [0.15, 0.2) is 5.78 Å². The van der Waals surface area contributed by atoms with Crippen LogP contribution in [0, 0.1) is 17.8 Å². The molecule has 9 heteroatoms. The van der Waals surface area contributed by atoms with Gasteiger partial charge in [-0.25, -0.2) is 0 Å². The van der Waals surface area contributed by atoms with Crippen LogP contribution >= 0.6 is 0 Å². The number of ether oxygens (including phenoxy) is 3. The van der Waals surface area contributed by atoms with E-state index in [1.54, 1.807) is 0 Å². The summed E-state index contributed by atoms with van der Waals surface area (Å²) in [5.41, 5.74) is 0. The molecule has 0 radical (unpaired) electrons. The fourth-order valence-corrected chi connectivity index (χ4v) is 4.06. The molecule has 3 rings (SSSR count). The quantitative estimate of drug-likeness (QED) is 0.329. The SMILES string of the molecule is COC(=O)C1CC2CCC(O2)C1=O.COC(=O)CCC1CCC(C)C1.O=C=O.[H-].[Na+]. The van der Waals surface area contributed by atoms with E-state index in [0.29, 0.717) is 12.8 Å². The smallest absolute Gasteiger partial charge is 1.00 e. The summed E-state index contributed by atoms with van der Waals surface area (Å²) in [5, 5.41) is 0. The van der Waals surface area contributed by atoms with Crippen molar-refractivity contribution in [2.45, 2.75) is 70.5 Å². The molecular formula is C20H31NaO8. The van der Waals surface area contributed by atoms with Gasteiger partial charge in [0.1, 0.15) is 12.0 Å². The van der Waals surface area contributed by atoms with Gasteiger partial charge in [0.2, 0.25) is 0 Å². The van der Waals surface area contributed by atoms with Crippen molar-refractivity contribution in [3.05, 3.63) is 0 Å². The van der Waals surface area contributed by atoms with E-state index in [4.69, 9.17) is 14.3 Å². The third-order valence-corrected chi connectivity index (χ3v) is 5.54. The van der Waals surface area contributed by atoms with Crippen LogP contribution in [0.2, 0.25) is 0 Å². The van der Waals surface area contributed by atoms with Crippen LogP contribution in [-0.2, 0) is 38.2 Å². The van der Waals surface area contributed by atoms with Gasteiger partial charge in [-0.05, 0) is 43.9 Å². The van der Waals surface area contributed by atoms with E-state index in [-0.39, 0.29) is 61.1 Å². The predicted molar refractivity (Wildman–Crippen MR) is 96.9 cm³/mol. The summed E-state index contributed by atoms with van der Waals surface area (Å²) >= 11 is 0. The minimum atomic E-state index is -0.573. The number of esters is 2. The number of Topliss-reactive ketones (excluding diaryl/α,β-unsaturated/α-hetero) is 1. The summed E-state index contributed by atoms with van der Waals surface area (Å²) in [6, 6.07) is 0. The molecule has 0 aromatic carbocycles. The predicted octanol–water partition coefficient (Wildman–Crippen LogP) is -0.795. The molecule has 160 valence electrons. The number of carbonyl (C=O) groups excluding carboxylic acids is 5. The second kappa shape index (κ2) is 14.9. The minimum Gasteiger partial charge on any atom is -1.00 e. The van der Waals surface area contributed by atoms with Crippen LogP contribution in [0.5, 0.6) is 0 Å².